The molecule has 1 atom stereocenters. The van der Waals surface area contributed by atoms with E-state index in [2.05, 4.69) is 30.7 Å². The summed E-state index contributed by atoms with van der Waals surface area (Å²) in [7, 11) is 1.44. The van der Waals surface area contributed by atoms with Gasteiger partial charge in [0.05, 0.1) is 7.11 Å². The Bertz CT molecular complexity index is 361. The first-order valence-corrected chi connectivity index (χ1v) is 11.4. The number of carbonyl (C=O) groups is 2. The molecule has 0 heterocycles. The van der Waals surface area contributed by atoms with Crippen LogP contribution in [0.2, 0.25) is 0 Å². The van der Waals surface area contributed by atoms with Gasteiger partial charge in [0, 0.05) is 19.3 Å². The third-order valence-electron chi connectivity index (χ3n) is 4.63. The molecule has 0 aromatic rings. The van der Waals surface area contributed by atoms with Gasteiger partial charge in [-0.2, -0.15) is 0 Å². The van der Waals surface area contributed by atoms with Gasteiger partial charge in [-0.05, 0) is 31.6 Å². The first-order valence-electron chi connectivity index (χ1n) is 11.4. The molecule has 1 unspecified atom stereocenters. The second kappa shape index (κ2) is 22.9. The van der Waals surface area contributed by atoms with E-state index in [0.29, 0.717) is 18.1 Å². The van der Waals surface area contributed by atoms with Crippen LogP contribution in [0.15, 0.2) is 12.2 Å². The molecule has 1 fully saturated rings. The van der Waals surface area contributed by atoms with Crippen LogP contribution in [0.3, 0.4) is 0 Å². The Morgan fingerprint density at radius 3 is 2.11 bits per heavy atom. The Kier molecular flexibility index (Phi) is 23.8. The lowest BCUT2D eigenvalue weighted by molar-refractivity contribution is -0.140. The van der Waals surface area contributed by atoms with Crippen molar-refractivity contribution in [2.75, 3.05) is 7.11 Å². The topological polar surface area (TPSA) is 43.4 Å². The number of ether oxygens (including phenoxy) is 1. The number of allylic oxidation sites excluding steroid dienone is 2. The van der Waals surface area contributed by atoms with E-state index in [4.69, 9.17) is 0 Å². The van der Waals surface area contributed by atoms with E-state index in [9.17, 15) is 9.59 Å². The van der Waals surface area contributed by atoms with Crippen molar-refractivity contribution in [1.29, 1.82) is 0 Å². The molecule has 3 nitrogen and oxygen atoms in total. The molecule has 1 saturated carbocycles. The summed E-state index contributed by atoms with van der Waals surface area (Å²) < 4.78 is 4.52. The summed E-state index contributed by atoms with van der Waals surface area (Å²) in [5.41, 5.74) is 0. The number of carbonyl (C=O) groups excluding carboxylic acids is 2. The number of rotatable bonds is 12. The monoisotopic (exact) mass is 382 g/mol. The zero-order chi connectivity index (χ0) is 20.8. The fraction of sp³-hybridized carbons (Fsp3) is 0.833. The molecule has 0 radical (unpaired) electrons. The van der Waals surface area contributed by atoms with Crippen molar-refractivity contribution in [3.8, 4) is 0 Å². The third-order valence-corrected chi connectivity index (χ3v) is 4.63. The first-order chi connectivity index (χ1) is 13.1. The van der Waals surface area contributed by atoms with Gasteiger partial charge in [0.15, 0.2) is 0 Å². The molecular formula is C24H46O3. The number of hydrogen-bond donors (Lipinski definition) is 0. The maximum atomic E-state index is 11.0. The van der Waals surface area contributed by atoms with Gasteiger partial charge in [-0.15, -0.1) is 0 Å². The predicted octanol–water partition coefficient (Wildman–Crippen LogP) is 7.43. The van der Waals surface area contributed by atoms with Crippen LogP contribution in [-0.4, -0.2) is 18.9 Å². The lowest BCUT2D eigenvalue weighted by Gasteiger charge is -1.99. The lowest BCUT2D eigenvalue weighted by Crippen LogP contribution is -1.98. The van der Waals surface area contributed by atoms with Gasteiger partial charge >= 0.3 is 5.97 Å². The Hall–Kier alpha value is -1.12. The van der Waals surface area contributed by atoms with E-state index < -0.39 is 0 Å². The summed E-state index contributed by atoms with van der Waals surface area (Å²) >= 11 is 0. The average Bonchev–Trinajstić information content (AvgIpc) is 3.11. The molecule has 0 aromatic carbocycles. The van der Waals surface area contributed by atoms with Crippen molar-refractivity contribution in [3.05, 3.63) is 12.2 Å². The highest BCUT2D eigenvalue weighted by molar-refractivity contribution is 5.80. The molecular weight excluding hydrogens is 336 g/mol. The van der Waals surface area contributed by atoms with Crippen molar-refractivity contribution in [3.63, 3.8) is 0 Å². The zero-order valence-corrected chi connectivity index (χ0v) is 18.9. The molecule has 0 aliphatic heterocycles. The Morgan fingerprint density at radius 1 is 1.00 bits per heavy atom. The molecule has 0 spiro atoms. The molecule has 1 aliphatic rings. The molecule has 0 aromatic heterocycles. The maximum absolute atomic E-state index is 11.0. The second-order valence-corrected chi connectivity index (χ2v) is 7.06. The molecule has 27 heavy (non-hydrogen) atoms. The molecule has 1 aliphatic carbocycles. The predicted molar refractivity (Wildman–Crippen MR) is 117 cm³/mol. The highest BCUT2D eigenvalue weighted by Gasteiger charge is 2.18. The minimum absolute atomic E-state index is 0.0819. The lowest BCUT2D eigenvalue weighted by atomic mass is 10.1. The van der Waals surface area contributed by atoms with Crippen LogP contribution in [0.25, 0.3) is 0 Å². The molecule has 0 saturated heterocycles. The largest absolute Gasteiger partial charge is 0.469 e. The van der Waals surface area contributed by atoms with E-state index in [0.717, 1.165) is 32.1 Å². The first kappa shape index (κ1) is 28.1. The van der Waals surface area contributed by atoms with E-state index in [1.54, 1.807) is 0 Å². The number of unbranched alkanes of at least 4 members (excludes halogenated alkanes) is 8. The van der Waals surface area contributed by atoms with Gasteiger partial charge in [-0.25, -0.2) is 0 Å². The van der Waals surface area contributed by atoms with Crippen LogP contribution in [-0.2, 0) is 14.3 Å². The SMILES string of the molecule is CC.CCCCCC/C=C/C1CCC(=O)C1.CCCCCCCC(=O)OC. The van der Waals surface area contributed by atoms with Crippen LogP contribution < -0.4 is 0 Å². The molecule has 3 heteroatoms. The number of Topliss-reactive ketones (excluding diaryl/α,β-unsaturated/α-hetero) is 1. The molecule has 0 bridgehead atoms. The van der Waals surface area contributed by atoms with E-state index in [-0.39, 0.29) is 5.97 Å². The Labute approximate surface area is 169 Å². The van der Waals surface area contributed by atoms with Gasteiger partial charge in [0.25, 0.3) is 0 Å². The Balaban J connectivity index is 0. The fourth-order valence-corrected chi connectivity index (χ4v) is 2.96. The minimum Gasteiger partial charge on any atom is -0.469 e. The van der Waals surface area contributed by atoms with E-state index in [1.807, 2.05) is 13.8 Å². The van der Waals surface area contributed by atoms with Crippen LogP contribution in [0.1, 0.15) is 118 Å². The van der Waals surface area contributed by atoms with Crippen molar-refractivity contribution < 1.29 is 14.3 Å². The quantitative estimate of drug-likeness (QED) is 0.200. The highest BCUT2D eigenvalue weighted by Crippen LogP contribution is 2.23. The average molecular weight is 383 g/mol. The van der Waals surface area contributed by atoms with Crippen LogP contribution in [0, 0.1) is 5.92 Å². The smallest absolute Gasteiger partial charge is 0.305 e. The fourth-order valence-electron chi connectivity index (χ4n) is 2.96. The normalized spacial score (nSPS) is 15.7. The van der Waals surface area contributed by atoms with Crippen molar-refractivity contribution in [2.45, 2.75) is 118 Å². The number of esters is 1. The van der Waals surface area contributed by atoms with Crippen molar-refractivity contribution in [1.82, 2.24) is 0 Å². The summed E-state index contributed by atoms with van der Waals surface area (Å²) in [6, 6.07) is 0. The van der Waals surface area contributed by atoms with Gasteiger partial charge < -0.3 is 4.74 Å². The van der Waals surface area contributed by atoms with Crippen LogP contribution in [0.4, 0.5) is 0 Å². The summed E-state index contributed by atoms with van der Waals surface area (Å²) in [5.74, 6) is 0.931. The summed E-state index contributed by atoms with van der Waals surface area (Å²) in [6.45, 7) is 8.42. The summed E-state index contributed by atoms with van der Waals surface area (Å²) in [6.07, 6.45) is 20.2. The number of hydrogen-bond acceptors (Lipinski definition) is 3. The standard InChI is InChI=1S/C13H22O.C9H18O2.C2H6/c1-2-3-4-5-6-7-8-12-9-10-13(14)11-12;1-3-4-5-6-7-8-9(10)11-2;1-2/h7-8,12H,2-6,9-11H2,1H3;3-8H2,1-2H3;1-2H3/b8-7+;;. The number of ketones is 1. The molecule has 160 valence electrons. The van der Waals surface area contributed by atoms with E-state index >= 15 is 0 Å². The van der Waals surface area contributed by atoms with Gasteiger partial charge in [-0.3, -0.25) is 9.59 Å². The van der Waals surface area contributed by atoms with Crippen molar-refractivity contribution in [2.24, 2.45) is 5.92 Å². The van der Waals surface area contributed by atoms with Crippen LogP contribution in [0.5, 0.6) is 0 Å². The molecule has 0 N–H and O–H groups in total. The highest BCUT2D eigenvalue weighted by atomic mass is 16.5. The van der Waals surface area contributed by atoms with Gasteiger partial charge in [0.2, 0.25) is 0 Å². The van der Waals surface area contributed by atoms with Gasteiger partial charge in [0.1, 0.15) is 5.78 Å². The van der Waals surface area contributed by atoms with Gasteiger partial charge in [-0.1, -0.05) is 84.8 Å². The Morgan fingerprint density at radius 2 is 1.59 bits per heavy atom. The van der Waals surface area contributed by atoms with Crippen LogP contribution >= 0.6 is 0 Å². The minimum atomic E-state index is -0.0819. The zero-order valence-electron chi connectivity index (χ0n) is 18.9. The summed E-state index contributed by atoms with van der Waals surface area (Å²) in [5, 5.41) is 0. The van der Waals surface area contributed by atoms with E-state index in [1.165, 1.54) is 58.5 Å². The maximum Gasteiger partial charge on any atom is 0.305 e. The molecule has 0 amide bonds. The number of methoxy groups -OCH3 is 1. The third kappa shape index (κ3) is 21.0. The molecule has 1 rings (SSSR count). The van der Waals surface area contributed by atoms with Crippen molar-refractivity contribution >= 4 is 11.8 Å². The second-order valence-electron chi connectivity index (χ2n) is 7.06. The summed E-state index contributed by atoms with van der Waals surface area (Å²) in [4.78, 5) is 21.6.